The van der Waals surface area contributed by atoms with Crippen molar-refractivity contribution in [3.05, 3.63) is 29.8 Å². The number of likely N-dealkylation sites (tertiary alicyclic amines) is 1. The van der Waals surface area contributed by atoms with Crippen molar-refractivity contribution in [2.24, 2.45) is 5.92 Å². The number of halogens is 3. The van der Waals surface area contributed by atoms with Gasteiger partial charge in [-0.3, -0.25) is 0 Å². The molecule has 2 nitrogen and oxygen atoms in total. The second kappa shape index (κ2) is 6.04. The molecule has 1 fully saturated rings. The van der Waals surface area contributed by atoms with Crippen LogP contribution in [0.3, 0.4) is 0 Å². The third kappa shape index (κ3) is 4.13. The topological polar surface area (TPSA) is 12.5 Å². The van der Waals surface area contributed by atoms with E-state index >= 15 is 0 Å². The predicted octanol–water partition coefficient (Wildman–Crippen LogP) is 3.51. The molecular weight excluding hydrogens is 267 g/mol. The maximum atomic E-state index is 12.3. The van der Waals surface area contributed by atoms with Gasteiger partial charge in [0.05, 0.1) is 12.0 Å². The van der Waals surface area contributed by atoms with E-state index in [1.807, 2.05) is 43.0 Å². The molecule has 0 atom stereocenters. The van der Waals surface area contributed by atoms with Gasteiger partial charge in [-0.1, -0.05) is 12.1 Å². The molecule has 20 heavy (non-hydrogen) atoms. The Morgan fingerprint density at radius 3 is 2.30 bits per heavy atom. The highest BCUT2D eigenvalue weighted by Gasteiger charge is 2.46. The Morgan fingerprint density at radius 2 is 1.80 bits per heavy atom. The van der Waals surface area contributed by atoms with Crippen LogP contribution < -0.4 is 4.74 Å². The van der Waals surface area contributed by atoms with Gasteiger partial charge in [-0.2, -0.15) is 13.2 Å². The van der Waals surface area contributed by atoms with Crippen LogP contribution in [0.4, 0.5) is 13.2 Å². The monoisotopic (exact) mass is 287 g/mol. The highest BCUT2D eigenvalue weighted by atomic mass is 19.4. The smallest absolute Gasteiger partial charge is 0.394 e. The number of benzene rings is 1. The van der Waals surface area contributed by atoms with Crippen LogP contribution in [0, 0.1) is 5.92 Å². The summed E-state index contributed by atoms with van der Waals surface area (Å²) in [4.78, 5) is 1.84. The molecule has 0 radical (unpaired) electrons. The van der Waals surface area contributed by atoms with E-state index in [9.17, 15) is 13.2 Å². The molecule has 112 valence electrons. The minimum absolute atomic E-state index is 0.137. The molecule has 0 amide bonds. The molecule has 0 bridgehead atoms. The lowest BCUT2D eigenvalue weighted by Crippen LogP contribution is -2.53. The van der Waals surface area contributed by atoms with E-state index < -0.39 is 12.1 Å². The largest absolute Gasteiger partial charge is 0.491 e. The molecule has 0 unspecified atom stereocenters. The SMILES string of the molecule is CC(C)Oc1ccc(CCN2CC(C(F)(F)F)C2)cc1. The summed E-state index contributed by atoms with van der Waals surface area (Å²) in [7, 11) is 0. The van der Waals surface area contributed by atoms with Crippen molar-refractivity contribution in [1.29, 1.82) is 0 Å². The van der Waals surface area contributed by atoms with Gasteiger partial charge in [0.1, 0.15) is 5.75 Å². The summed E-state index contributed by atoms with van der Waals surface area (Å²) in [5.74, 6) is -0.311. The molecule has 1 heterocycles. The number of hydrogen-bond acceptors (Lipinski definition) is 2. The number of alkyl halides is 3. The van der Waals surface area contributed by atoms with Crippen molar-refractivity contribution >= 4 is 0 Å². The van der Waals surface area contributed by atoms with E-state index in [1.54, 1.807) is 0 Å². The molecule has 5 heteroatoms. The third-order valence-corrected chi connectivity index (χ3v) is 3.43. The van der Waals surface area contributed by atoms with E-state index in [1.165, 1.54) is 0 Å². The molecule has 0 aromatic heterocycles. The van der Waals surface area contributed by atoms with Crippen LogP contribution in [-0.4, -0.2) is 36.8 Å². The number of rotatable bonds is 5. The summed E-state index contributed by atoms with van der Waals surface area (Å²) in [6.45, 7) is 4.89. The Morgan fingerprint density at radius 1 is 1.20 bits per heavy atom. The van der Waals surface area contributed by atoms with E-state index in [2.05, 4.69) is 0 Å². The first-order chi connectivity index (χ1) is 9.34. The molecule has 2 rings (SSSR count). The molecule has 1 aromatic rings. The van der Waals surface area contributed by atoms with Gasteiger partial charge in [0, 0.05) is 19.6 Å². The molecule has 1 aliphatic heterocycles. The molecule has 1 saturated heterocycles. The van der Waals surface area contributed by atoms with Crippen molar-refractivity contribution in [3.8, 4) is 5.75 Å². The summed E-state index contributed by atoms with van der Waals surface area (Å²) in [5, 5.41) is 0. The Labute approximate surface area is 117 Å². The summed E-state index contributed by atoms with van der Waals surface area (Å²) in [6.07, 6.45) is -3.12. The van der Waals surface area contributed by atoms with Gasteiger partial charge in [0.25, 0.3) is 0 Å². The van der Waals surface area contributed by atoms with E-state index in [4.69, 9.17) is 4.74 Å². The Balaban J connectivity index is 1.73. The standard InChI is InChI=1S/C15H20F3NO/c1-11(2)20-14-5-3-12(4-6-14)7-8-19-9-13(10-19)15(16,17)18/h3-6,11,13H,7-10H2,1-2H3. The fraction of sp³-hybridized carbons (Fsp3) is 0.600. The fourth-order valence-electron chi connectivity index (χ4n) is 2.25. The van der Waals surface area contributed by atoms with Crippen LogP contribution in [0.25, 0.3) is 0 Å². The maximum absolute atomic E-state index is 12.3. The molecule has 1 aliphatic rings. The Hall–Kier alpha value is -1.23. The van der Waals surface area contributed by atoms with Crippen LogP contribution in [0.1, 0.15) is 19.4 Å². The number of hydrogen-bond donors (Lipinski definition) is 0. The summed E-state index contributed by atoms with van der Waals surface area (Å²) >= 11 is 0. The van der Waals surface area contributed by atoms with Crippen molar-refractivity contribution < 1.29 is 17.9 Å². The second-order valence-electron chi connectivity index (χ2n) is 5.56. The van der Waals surface area contributed by atoms with Crippen LogP contribution >= 0.6 is 0 Å². The molecule has 0 spiro atoms. The lowest BCUT2D eigenvalue weighted by Gasteiger charge is -2.40. The Bertz CT molecular complexity index is 422. The first-order valence-corrected chi connectivity index (χ1v) is 6.89. The lowest BCUT2D eigenvalue weighted by molar-refractivity contribution is -0.208. The fourth-order valence-corrected chi connectivity index (χ4v) is 2.25. The van der Waals surface area contributed by atoms with Gasteiger partial charge in [-0.05, 0) is 38.0 Å². The molecule has 1 aromatic carbocycles. The first-order valence-electron chi connectivity index (χ1n) is 6.89. The molecular formula is C15H20F3NO. The van der Waals surface area contributed by atoms with Gasteiger partial charge in [0.15, 0.2) is 0 Å². The summed E-state index contributed by atoms with van der Waals surface area (Å²) < 4.78 is 42.6. The molecule has 0 saturated carbocycles. The van der Waals surface area contributed by atoms with Gasteiger partial charge in [-0.15, -0.1) is 0 Å². The maximum Gasteiger partial charge on any atom is 0.394 e. The van der Waals surface area contributed by atoms with Crippen LogP contribution in [0.15, 0.2) is 24.3 Å². The van der Waals surface area contributed by atoms with E-state index in [0.717, 1.165) is 17.7 Å². The van der Waals surface area contributed by atoms with Crippen molar-refractivity contribution in [2.45, 2.75) is 32.5 Å². The third-order valence-electron chi connectivity index (χ3n) is 3.43. The van der Waals surface area contributed by atoms with Crippen molar-refractivity contribution in [3.63, 3.8) is 0 Å². The minimum Gasteiger partial charge on any atom is -0.491 e. The summed E-state index contributed by atoms with van der Waals surface area (Å²) in [5.41, 5.74) is 1.12. The minimum atomic E-state index is -4.04. The zero-order chi connectivity index (χ0) is 14.8. The van der Waals surface area contributed by atoms with E-state index in [-0.39, 0.29) is 19.2 Å². The van der Waals surface area contributed by atoms with Gasteiger partial charge >= 0.3 is 6.18 Å². The zero-order valence-corrected chi connectivity index (χ0v) is 11.8. The van der Waals surface area contributed by atoms with Gasteiger partial charge in [-0.25, -0.2) is 0 Å². The van der Waals surface area contributed by atoms with Crippen LogP contribution in [0.2, 0.25) is 0 Å². The molecule has 0 N–H and O–H groups in total. The van der Waals surface area contributed by atoms with Gasteiger partial charge < -0.3 is 9.64 Å². The van der Waals surface area contributed by atoms with Crippen molar-refractivity contribution in [2.75, 3.05) is 19.6 Å². The zero-order valence-electron chi connectivity index (χ0n) is 11.8. The summed E-state index contributed by atoms with van der Waals surface area (Å²) in [6, 6.07) is 7.76. The second-order valence-corrected chi connectivity index (χ2v) is 5.56. The number of ether oxygens (including phenoxy) is 1. The predicted molar refractivity (Wildman–Crippen MR) is 71.9 cm³/mol. The van der Waals surface area contributed by atoms with Crippen molar-refractivity contribution in [1.82, 2.24) is 4.90 Å². The highest BCUT2D eigenvalue weighted by molar-refractivity contribution is 5.27. The lowest BCUT2D eigenvalue weighted by atomic mass is 9.99. The number of nitrogens with zero attached hydrogens (tertiary/aromatic N) is 1. The van der Waals surface area contributed by atoms with E-state index in [0.29, 0.717) is 6.54 Å². The van der Waals surface area contributed by atoms with Crippen LogP contribution in [0.5, 0.6) is 5.75 Å². The Kier molecular flexibility index (Phi) is 4.58. The first kappa shape index (κ1) is 15.2. The quantitative estimate of drug-likeness (QED) is 0.821. The molecule has 0 aliphatic carbocycles. The van der Waals surface area contributed by atoms with Gasteiger partial charge in [0.2, 0.25) is 0 Å². The average molecular weight is 287 g/mol. The average Bonchev–Trinajstić information content (AvgIpc) is 2.26. The highest BCUT2D eigenvalue weighted by Crippen LogP contribution is 2.33. The van der Waals surface area contributed by atoms with Crippen LogP contribution in [-0.2, 0) is 6.42 Å². The normalized spacial score (nSPS) is 17.3.